The third-order valence-corrected chi connectivity index (χ3v) is 4.49. The molecule has 106 valence electrons. The number of allylic oxidation sites excluding steroid dienone is 2. The Balaban J connectivity index is 1.40. The molecular weight excluding hydrogens is 248 g/mol. The van der Waals surface area contributed by atoms with Gasteiger partial charge in [0.2, 0.25) is 0 Å². The van der Waals surface area contributed by atoms with Gasteiger partial charge in [-0.3, -0.25) is 0 Å². The zero-order chi connectivity index (χ0) is 13.9. The maximum absolute atomic E-state index is 11.8. The molecular formula is C17H22N2O. The average molecular weight is 270 g/mol. The first-order valence-electron chi connectivity index (χ1n) is 7.50. The number of nitrogens with one attached hydrogen (secondary N) is 2. The van der Waals surface area contributed by atoms with E-state index in [1.807, 2.05) is 31.2 Å². The number of aryl methyl sites for hydroxylation is 1. The zero-order valence-corrected chi connectivity index (χ0v) is 11.9. The minimum absolute atomic E-state index is 0.103. The van der Waals surface area contributed by atoms with Crippen LogP contribution in [0.15, 0.2) is 36.4 Å². The normalized spacial score (nSPS) is 26.8. The van der Waals surface area contributed by atoms with Crippen molar-refractivity contribution in [3.8, 4) is 0 Å². The van der Waals surface area contributed by atoms with Gasteiger partial charge in [-0.15, -0.1) is 0 Å². The fraction of sp³-hybridized carbons (Fsp3) is 0.471. The molecule has 0 heterocycles. The number of amides is 2. The first kappa shape index (κ1) is 13.2. The first-order chi connectivity index (χ1) is 9.70. The SMILES string of the molecule is Cc1cccc(NC(=O)NCCC2CC3C=CC2C3)c1. The second-order valence-corrected chi connectivity index (χ2v) is 6.08. The summed E-state index contributed by atoms with van der Waals surface area (Å²) in [5.41, 5.74) is 2.00. The van der Waals surface area contributed by atoms with Gasteiger partial charge in [0.1, 0.15) is 0 Å². The van der Waals surface area contributed by atoms with Crippen molar-refractivity contribution in [1.82, 2.24) is 5.32 Å². The smallest absolute Gasteiger partial charge is 0.319 e. The van der Waals surface area contributed by atoms with Gasteiger partial charge in [-0.2, -0.15) is 0 Å². The molecule has 3 rings (SSSR count). The molecule has 20 heavy (non-hydrogen) atoms. The third-order valence-electron chi connectivity index (χ3n) is 4.49. The van der Waals surface area contributed by atoms with E-state index in [1.165, 1.54) is 12.8 Å². The monoisotopic (exact) mass is 270 g/mol. The molecule has 1 aromatic carbocycles. The molecule has 2 bridgehead atoms. The summed E-state index contributed by atoms with van der Waals surface area (Å²) in [4.78, 5) is 11.8. The van der Waals surface area contributed by atoms with Crippen molar-refractivity contribution in [1.29, 1.82) is 0 Å². The summed E-state index contributed by atoms with van der Waals surface area (Å²) in [6.07, 6.45) is 8.46. The molecule has 1 fully saturated rings. The van der Waals surface area contributed by atoms with Crippen LogP contribution >= 0.6 is 0 Å². The van der Waals surface area contributed by atoms with Crippen LogP contribution in [0.3, 0.4) is 0 Å². The maximum Gasteiger partial charge on any atom is 0.319 e. The Morgan fingerprint density at radius 2 is 2.20 bits per heavy atom. The van der Waals surface area contributed by atoms with Crippen molar-refractivity contribution < 1.29 is 4.79 Å². The van der Waals surface area contributed by atoms with Crippen molar-refractivity contribution in [3.63, 3.8) is 0 Å². The highest BCUT2D eigenvalue weighted by atomic mass is 16.2. The molecule has 3 nitrogen and oxygen atoms in total. The lowest BCUT2D eigenvalue weighted by atomic mass is 9.91. The summed E-state index contributed by atoms with van der Waals surface area (Å²) < 4.78 is 0. The summed E-state index contributed by atoms with van der Waals surface area (Å²) in [7, 11) is 0. The van der Waals surface area contributed by atoms with Gasteiger partial charge in [-0.1, -0.05) is 24.3 Å². The number of hydrogen-bond acceptors (Lipinski definition) is 1. The number of benzene rings is 1. The van der Waals surface area contributed by atoms with Crippen LogP contribution in [-0.4, -0.2) is 12.6 Å². The largest absolute Gasteiger partial charge is 0.338 e. The highest BCUT2D eigenvalue weighted by Crippen LogP contribution is 2.44. The molecule has 2 N–H and O–H groups in total. The molecule has 0 aliphatic heterocycles. The van der Waals surface area contributed by atoms with Gasteiger partial charge in [0.15, 0.2) is 0 Å². The van der Waals surface area contributed by atoms with Gasteiger partial charge in [-0.25, -0.2) is 4.79 Å². The maximum atomic E-state index is 11.8. The lowest BCUT2D eigenvalue weighted by Gasteiger charge is -2.18. The summed E-state index contributed by atoms with van der Waals surface area (Å²) in [6.45, 7) is 2.78. The fourth-order valence-corrected chi connectivity index (χ4v) is 3.50. The number of rotatable bonds is 4. The van der Waals surface area contributed by atoms with Gasteiger partial charge in [0.05, 0.1) is 0 Å². The van der Waals surface area contributed by atoms with E-state index in [0.29, 0.717) is 0 Å². The highest BCUT2D eigenvalue weighted by Gasteiger charge is 2.34. The summed E-state index contributed by atoms with van der Waals surface area (Å²) in [5, 5.41) is 5.84. The van der Waals surface area contributed by atoms with Crippen LogP contribution in [0.2, 0.25) is 0 Å². The Labute approximate surface area is 120 Å². The van der Waals surface area contributed by atoms with Crippen LogP contribution in [0.25, 0.3) is 0 Å². The summed E-state index contributed by atoms with van der Waals surface area (Å²) in [5.74, 6) is 2.34. The van der Waals surface area contributed by atoms with E-state index in [9.17, 15) is 4.79 Å². The standard InChI is InChI=1S/C17H22N2O/c1-12-3-2-4-16(9-12)19-17(20)18-8-7-15-11-13-5-6-14(15)10-13/h2-6,9,13-15H,7-8,10-11H2,1H3,(H2,18,19,20). The second kappa shape index (κ2) is 5.70. The Hall–Kier alpha value is -1.77. The van der Waals surface area contributed by atoms with Crippen LogP contribution in [0.5, 0.6) is 0 Å². The second-order valence-electron chi connectivity index (χ2n) is 6.08. The van der Waals surface area contributed by atoms with Crippen LogP contribution in [-0.2, 0) is 0 Å². The van der Waals surface area contributed by atoms with Crippen LogP contribution < -0.4 is 10.6 Å². The van der Waals surface area contributed by atoms with Crippen molar-refractivity contribution >= 4 is 11.7 Å². The molecule has 2 aliphatic carbocycles. The Bertz CT molecular complexity index is 523. The molecule has 0 saturated heterocycles. The van der Waals surface area contributed by atoms with E-state index in [0.717, 1.165) is 42.0 Å². The molecule has 3 atom stereocenters. The van der Waals surface area contributed by atoms with Crippen molar-refractivity contribution in [2.24, 2.45) is 17.8 Å². The van der Waals surface area contributed by atoms with Gasteiger partial charge < -0.3 is 10.6 Å². The van der Waals surface area contributed by atoms with Crippen molar-refractivity contribution in [2.45, 2.75) is 26.2 Å². The van der Waals surface area contributed by atoms with E-state index in [1.54, 1.807) is 0 Å². The van der Waals surface area contributed by atoms with Crippen LogP contribution in [0.1, 0.15) is 24.8 Å². The Morgan fingerprint density at radius 1 is 1.30 bits per heavy atom. The number of carbonyl (C=O) groups is 1. The molecule has 0 aromatic heterocycles. The lowest BCUT2D eigenvalue weighted by Crippen LogP contribution is -2.31. The summed E-state index contributed by atoms with van der Waals surface area (Å²) in [6, 6.07) is 7.75. The molecule has 0 radical (unpaired) electrons. The average Bonchev–Trinajstić information content (AvgIpc) is 3.01. The van der Waals surface area contributed by atoms with Crippen molar-refractivity contribution in [3.05, 3.63) is 42.0 Å². The molecule has 2 amide bonds. The Morgan fingerprint density at radius 3 is 2.90 bits per heavy atom. The Kier molecular flexibility index (Phi) is 3.77. The van der Waals surface area contributed by atoms with Gasteiger partial charge in [0, 0.05) is 12.2 Å². The minimum Gasteiger partial charge on any atom is -0.338 e. The molecule has 3 unspecified atom stereocenters. The molecule has 0 spiro atoms. The highest BCUT2D eigenvalue weighted by molar-refractivity contribution is 5.89. The number of hydrogen-bond donors (Lipinski definition) is 2. The molecule has 2 aliphatic rings. The third kappa shape index (κ3) is 3.03. The van der Waals surface area contributed by atoms with E-state index < -0.39 is 0 Å². The quantitative estimate of drug-likeness (QED) is 0.804. The minimum atomic E-state index is -0.103. The zero-order valence-electron chi connectivity index (χ0n) is 11.9. The van der Waals surface area contributed by atoms with E-state index in [-0.39, 0.29) is 6.03 Å². The number of anilines is 1. The topological polar surface area (TPSA) is 41.1 Å². The first-order valence-corrected chi connectivity index (χ1v) is 7.50. The number of fused-ring (bicyclic) bond motifs is 2. The van der Waals surface area contributed by atoms with Crippen LogP contribution in [0, 0.1) is 24.7 Å². The lowest BCUT2D eigenvalue weighted by molar-refractivity contribution is 0.250. The van der Waals surface area contributed by atoms with Gasteiger partial charge in [0.25, 0.3) is 0 Å². The van der Waals surface area contributed by atoms with Gasteiger partial charge >= 0.3 is 6.03 Å². The fourth-order valence-electron chi connectivity index (χ4n) is 3.50. The number of carbonyl (C=O) groups excluding carboxylic acids is 1. The molecule has 1 saturated carbocycles. The van der Waals surface area contributed by atoms with Crippen molar-refractivity contribution in [2.75, 3.05) is 11.9 Å². The molecule has 1 aromatic rings. The predicted octanol–water partition coefficient (Wildman–Crippen LogP) is 3.72. The van der Waals surface area contributed by atoms with E-state index in [2.05, 4.69) is 22.8 Å². The van der Waals surface area contributed by atoms with E-state index >= 15 is 0 Å². The van der Waals surface area contributed by atoms with Gasteiger partial charge in [-0.05, 0) is 61.6 Å². The van der Waals surface area contributed by atoms with Crippen LogP contribution in [0.4, 0.5) is 10.5 Å². The van der Waals surface area contributed by atoms with E-state index in [4.69, 9.17) is 0 Å². The summed E-state index contributed by atoms with van der Waals surface area (Å²) >= 11 is 0. The predicted molar refractivity (Wildman–Crippen MR) is 81.7 cm³/mol. The molecule has 3 heteroatoms. The number of urea groups is 1.